The molecule has 4 heteroatoms. The number of hydrogen-bond donors (Lipinski definition) is 2. The van der Waals surface area contributed by atoms with Crippen LogP contribution in [-0.2, 0) is 5.41 Å². The Morgan fingerprint density at radius 2 is 2.00 bits per heavy atom. The highest BCUT2D eigenvalue weighted by molar-refractivity contribution is 5.90. The van der Waals surface area contributed by atoms with Gasteiger partial charge in [0.15, 0.2) is 5.65 Å². The van der Waals surface area contributed by atoms with E-state index in [0.717, 1.165) is 22.5 Å². The van der Waals surface area contributed by atoms with Crippen LogP contribution in [0.4, 0.5) is 5.69 Å². The van der Waals surface area contributed by atoms with Crippen LogP contribution in [0.25, 0.3) is 11.0 Å². The van der Waals surface area contributed by atoms with Crippen molar-refractivity contribution in [3.63, 3.8) is 0 Å². The first-order valence-corrected chi connectivity index (χ1v) is 5.01. The van der Waals surface area contributed by atoms with Gasteiger partial charge in [-0.15, -0.1) is 0 Å². The second kappa shape index (κ2) is 2.95. The molecule has 15 heavy (non-hydrogen) atoms. The van der Waals surface area contributed by atoms with Crippen LogP contribution in [0.2, 0.25) is 0 Å². The normalized spacial score (nSPS) is 12.3. The lowest BCUT2D eigenvalue weighted by Gasteiger charge is -2.16. The smallest absolute Gasteiger partial charge is 0.183 e. The van der Waals surface area contributed by atoms with E-state index in [-0.39, 0.29) is 5.41 Å². The fraction of sp³-hybridized carbons (Fsp3) is 0.455. The zero-order valence-corrected chi connectivity index (χ0v) is 9.55. The summed E-state index contributed by atoms with van der Waals surface area (Å²) in [6, 6.07) is 1.88. The maximum Gasteiger partial charge on any atom is 0.183 e. The van der Waals surface area contributed by atoms with Crippen LogP contribution in [0.3, 0.4) is 0 Å². The topological polar surface area (TPSA) is 67.6 Å². The number of aromatic nitrogens is 3. The fourth-order valence-corrected chi connectivity index (χ4v) is 1.73. The molecule has 3 N–H and O–H groups in total. The average Bonchev–Trinajstić information content (AvgIpc) is 2.45. The lowest BCUT2D eigenvalue weighted by molar-refractivity contribution is 0.571. The lowest BCUT2D eigenvalue weighted by atomic mass is 9.90. The number of rotatable bonds is 0. The van der Waals surface area contributed by atoms with Crippen molar-refractivity contribution < 1.29 is 0 Å². The Hall–Kier alpha value is -1.58. The molecule has 0 radical (unpaired) electrons. The lowest BCUT2D eigenvalue weighted by Crippen LogP contribution is -2.12. The highest BCUT2D eigenvalue weighted by Crippen LogP contribution is 2.30. The van der Waals surface area contributed by atoms with Crippen LogP contribution in [0, 0.1) is 6.92 Å². The number of hydrogen-bond acceptors (Lipinski definition) is 3. The zero-order valence-electron chi connectivity index (χ0n) is 9.55. The Labute approximate surface area is 88.9 Å². The Morgan fingerprint density at radius 3 is 2.60 bits per heavy atom. The molecule has 2 rings (SSSR count). The number of anilines is 1. The van der Waals surface area contributed by atoms with Gasteiger partial charge in [-0.25, -0.2) is 4.98 Å². The van der Waals surface area contributed by atoms with Gasteiger partial charge in [0.25, 0.3) is 0 Å². The number of pyridine rings is 1. The van der Waals surface area contributed by atoms with E-state index in [2.05, 4.69) is 36.0 Å². The maximum atomic E-state index is 6.00. The molecule has 2 aromatic heterocycles. The molecule has 4 nitrogen and oxygen atoms in total. The minimum Gasteiger partial charge on any atom is -0.398 e. The van der Waals surface area contributed by atoms with Gasteiger partial charge in [0, 0.05) is 16.8 Å². The van der Waals surface area contributed by atoms with Gasteiger partial charge in [0.1, 0.15) is 0 Å². The first-order valence-electron chi connectivity index (χ1n) is 5.01. The molecular formula is C11H16N4. The molecular weight excluding hydrogens is 188 g/mol. The molecule has 0 aliphatic heterocycles. The summed E-state index contributed by atoms with van der Waals surface area (Å²) in [6.07, 6.45) is 0. The molecule has 0 aliphatic carbocycles. The summed E-state index contributed by atoms with van der Waals surface area (Å²) in [6.45, 7) is 8.29. The average molecular weight is 204 g/mol. The zero-order chi connectivity index (χ0) is 11.2. The fourth-order valence-electron chi connectivity index (χ4n) is 1.73. The molecule has 0 saturated carbocycles. The second-order valence-corrected chi connectivity index (χ2v) is 4.90. The molecule has 80 valence electrons. The minimum absolute atomic E-state index is 0.000190. The van der Waals surface area contributed by atoms with E-state index in [1.54, 1.807) is 0 Å². The van der Waals surface area contributed by atoms with Crippen LogP contribution in [0.15, 0.2) is 6.07 Å². The molecule has 0 aromatic carbocycles. The van der Waals surface area contributed by atoms with E-state index in [9.17, 15) is 0 Å². The number of nitrogens with zero attached hydrogens (tertiary/aromatic N) is 2. The van der Waals surface area contributed by atoms with Gasteiger partial charge < -0.3 is 5.73 Å². The first-order chi connectivity index (χ1) is 6.89. The molecule has 2 heterocycles. The number of nitrogens with two attached hydrogens (primary N) is 1. The van der Waals surface area contributed by atoms with Crippen LogP contribution in [0.5, 0.6) is 0 Å². The Morgan fingerprint density at radius 1 is 1.33 bits per heavy atom. The molecule has 2 aromatic rings. The van der Waals surface area contributed by atoms with Gasteiger partial charge in [0.05, 0.1) is 11.1 Å². The van der Waals surface area contributed by atoms with Gasteiger partial charge in [0.2, 0.25) is 0 Å². The Bertz CT molecular complexity index is 505. The van der Waals surface area contributed by atoms with Crippen molar-refractivity contribution in [1.82, 2.24) is 15.2 Å². The predicted molar refractivity (Wildman–Crippen MR) is 61.7 cm³/mol. The number of fused-ring (bicyclic) bond motifs is 1. The van der Waals surface area contributed by atoms with Crippen molar-refractivity contribution in [3.05, 3.63) is 17.5 Å². The Kier molecular flexibility index (Phi) is 1.96. The van der Waals surface area contributed by atoms with Crippen molar-refractivity contribution in [3.8, 4) is 0 Å². The third-order valence-corrected chi connectivity index (χ3v) is 2.43. The van der Waals surface area contributed by atoms with Gasteiger partial charge >= 0.3 is 0 Å². The van der Waals surface area contributed by atoms with Crippen molar-refractivity contribution in [2.45, 2.75) is 33.1 Å². The Balaban J connectivity index is 2.81. The van der Waals surface area contributed by atoms with Crippen LogP contribution < -0.4 is 5.73 Å². The van der Waals surface area contributed by atoms with Crippen LogP contribution >= 0.6 is 0 Å². The third kappa shape index (κ3) is 1.56. The van der Waals surface area contributed by atoms with E-state index in [1.807, 2.05) is 13.0 Å². The summed E-state index contributed by atoms with van der Waals surface area (Å²) < 4.78 is 0. The standard InChI is InChI=1S/C11H16N4/c1-6-5-7(12)8-9(11(2,3)4)14-15-10(8)13-6/h5H,1-4H3,(H3,12,13,14,15). The highest BCUT2D eigenvalue weighted by atomic mass is 15.2. The van der Waals surface area contributed by atoms with E-state index in [1.165, 1.54) is 0 Å². The monoisotopic (exact) mass is 204 g/mol. The third-order valence-electron chi connectivity index (χ3n) is 2.43. The van der Waals surface area contributed by atoms with E-state index in [0.29, 0.717) is 5.65 Å². The molecule has 0 aliphatic rings. The van der Waals surface area contributed by atoms with E-state index >= 15 is 0 Å². The quantitative estimate of drug-likeness (QED) is 0.691. The number of aryl methyl sites for hydroxylation is 1. The van der Waals surface area contributed by atoms with Crippen LogP contribution in [0.1, 0.15) is 32.2 Å². The number of nitrogens with one attached hydrogen (secondary N) is 1. The molecule has 0 saturated heterocycles. The molecule has 0 bridgehead atoms. The molecule has 0 atom stereocenters. The van der Waals surface area contributed by atoms with Crippen molar-refractivity contribution in [2.75, 3.05) is 5.73 Å². The van der Waals surface area contributed by atoms with E-state index in [4.69, 9.17) is 5.73 Å². The summed E-state index contributed by atoms with van der Waals surface area (Å²) in [5, 5.41) is 8.17. The number of aromatic amines is 1. The molecule has 0 spiro atoms. The largest absolute Gasteiger partial charge is 0.398 e. The van der Waals surface area contributed by atoms with E-state index < -0.39 is 0 Å². The van der Waals surface area contributed by atoms with Gasteiger partial charge in [-0.1, -0.05) is 20.8 Å². The summed E-state index contributed by atoms with van der Waals surface area (Å²) in [5.41, 5.74) is 9.39. The SMILES string of the molecule is Cc1cc(N)c2c(C(C)(C)C)[nH]nc2n1. The molecule has 0 unspecified atom stereocenters. The van der Waals surface area contributed by atoms with Crippen LogP contribution in [-0.4, -0.2) is 15.2 Å². The summed E-state index contributed by atoms with van der Waals surface area (Å²) >= 11 is 0. The minimum atomic E-state index is -0.000190. The molecule has 0 fully saturated rings. The summed E-state index contributed by atoms with van der Waals surface area (Å²) in [5.74, 6) is 0. The predicted octanol–water partition coefficient (Wildman–Crippen LogP) is 2.15. The highest BCUT2D eigenvalue weighted by Gasteiger charge is 2.21. The van der Waals surface area contributed by atoms with Gasteiger partial charge in [-0.3, -0.25) is 5.10 Å². The number of H-pyrrole nitrogens is 1. The van der Waals surface area contributed by atoms with Crippen molar-refractivity contribution >= 4 is 16.7 Å². The summed E-state index contributed by atoms with van der Waals surface area (Å²) in [7, 11) is 0. The first kappa shape index (κ1) is 9.96. The summed E-state index contributed by atoms with van der Waals surface area (Å²) in [4.78, 5) is 4.35. The van der Waals surface area contributed by atoms with Crippen molar-refractivity contribution in [2.24, 2.45) is 0 Å². The molecule has 0 amide bonds. The van der Waals surface area contributed by atoms with Gasteiger partial charge in [-0.05, 0) is 13.0 Å². The number of nitrogen functional groups attached to an aromatic ring is 1. The second-order valence-electron chi connectivity index (χ2n) is 4.90. The van der Waals surface area contributed by atoms with Crippen molar-refractivity contribution in [1.29, 1.82) is 0 Å². The van der Waals surface area contributed by atoms with Gasteiger partial charge in [-0.2, -0.15) is 5.10 Å². The maximum absolute atomic E-state index is 6.00.